The molecule has 0 spiro atoms. The van der Waals surface area contributed by atoms with Crippen LogP contribution in [0.25, 0.3) is 0 Å². The molecular weight excluding hydrogens is 310 g/mol. The summed E-state index contributed by atoms with van der Waals surface area (Å²) in [5.74, 6) is 0.587. The van der Waals surface area contributed by atoms with Gasteiger partial charge in [0.2, 0.25) is 0 Å². The average Bonchev–Trinajstić information content (AvgIpc) is 2.76. The van der Waals surface area contributed by atoms with E-state index in [2.05, 4.69) is 18.2 Å². The van der Waals surface area contributed by atoms with E-state index in [-0.39, 0.29) is 16.5 Å². The van der Waals surface area contributed by atoms with Gasteiger partial charge in [-0.2, -0.15) is 4.37 Å². The second kappa shape index (κ2) is 7.95. The maximum atomic E-state index is 12.4. The van der Waals surface area contributed by atoms with Gasteiger partial charge in [0.25, 0.3) is 0 Å². The molecule has 0 amide bonds. The first kappa shape index (κ1) is 18.2. The maximum absolute atomic E-state index is 12.4. The predicted octanol–water partition coefficient (Wildman–Crippen LogP) is 2.02. The summed E-state index contributed by atoms with van der Waals surface area (Å²) in [4.78, 5) is 2.19. The summed E-state index contributed by atoms with van der Waals surface area (Å²) in [6.45, 7) is 7.89. The number of methoxy groups -OCH3 is 1. The number of aromatic nitrogens is 1. The zero-order valence-electron chi connectivity index (χ0n) is 13.1. The van der Waals surface area contributed by atoms with Gasteiger partial charge in [0.15, 0.2) is 15.7 Å². The molecule has 0 aliphatic heterocycles. The highest BCUT2D eigenvalue weighted by molar-refractivity contribution is 7.91. The maximum Gasteiger partial charge on any atom is 0.185 e. The van der Waals surface area contributed by atoms with Gasteiger partial charge in [0, 0.05) is 20.2 Å². The molecule has 8 heteroatoms. The molecule has 0 unspecified atom stereocenters. The summed E-state index contributed by atoms with van der Waals surface area (Å²) in [6.07, 6.45) is 0.555. The highest BCUT2D eigenvalue weighted by atomic mass is 32.2. The van der Waals surface area contributed by atoms with E-state index in [1.165, 1.54) is 0 Å². The molecule has 21 heavy (non-hydrogen) atoms. The van der Waals surface area contributed by atoms with Crippen molar-refractivity contribution in [3.8, 4) is 0 Å². The fourth-order valence-corrected chi connectivity index (χ4v) is 4.86. The van der Waals surface area contributed by atoms with Crippen LogP contribution in [0.5, 0.6) is 0 Å². The van der Waals surface area contributed by atoms with Crippen LogP contribution in [0.15, 0.2) is 4.90 Å². The molecule has 1 aromatic rings. The molecule has 0 aromatic carbocycles. The summed E-state index contributed by atoms with van der Waals surface area (Å²) in [5.41, 5.74) is 5.82. The first-order chi connectivity index (χ1) is 9.83. The summed E-state index contributed by atoms with van der Waals surface area (Å²) in [5, 5.41) is 0.631. The summed E-state index contributed by atoms with van der Waals surface area (Å²) in [7, 11) is -1.77. The van der Waals surface area contributed by atoms with E-state index in [9.17, 15) is 8.42 Å². The second-order valence-electron chi connectivity index (χ2n) is 5.35. The van der Waals surface area contributed by atoms with Crippen molar-refractivity contribution in [2.75, 3.05) is 43.2 Å². The molecule has 1 rings (SSSR count). The summed E-state index contributed by atoms with van der Waals surface area (Å²) in [6, 6.07) is 0. The lowest BCUT2D eigenvalue weighted by Crippen LogP contribution is -2.31. The van der Waals surface area contributed by atoms with E-state index in [4.69, 9.17) is 10.5 Å². The molecule has 1 heterocycles. The van der Waals surface area contributed by atoms with Crippen molar-refractivity contribution in [1.29, 1.82) is 0 Å². The van der Waals surface area contributed by atoms with Crippen LogP contribution in [0, 0.1) is 5.92 Å². The molecule has 6 nitrogen and oxygen atoms in total. The number of nitrogen functional groups attached to an aromatic ring is 1. The fourth-order valence-electron chi connectivity index (χ4n) is 2.07. The van der Waals surface area contributed by atoms with Crippen LogP contribution >= 0.6 is 11.5 Å². The van der Waals surface area contributed by atoms with Gasteiger partial charge < -0.3 is 15.4 Å². The van der Waals surface area contributed by atoms with Gasteiger partial charge in [-0.25, -0.2) is 8.42 Å². The highest BCUT2D eigenvalue weighted by Gasteiger charge is 2.28. The first-order valence-corrected chi connectivity index (χ1v) is 9.47. The van der Waals surface area contributed by atoms with E-state index in [0.717, 1.165) is 18.1 Å². The van der Waals surface area contributed by atoms with Crippen molar-refractivity contribution in [3.05, 3.63) is 0 Å². The predicted molar refractivity (Wildman–Crippen MR) is 87.8 cm³/mol. The van der Waals surface area contributed by atoms with Crippen molar-refractivity contribution < 1.29 is 13.2 Å². The van der Waals surface area contributed by atoms with E-state index in [0.29, 0.717) is 30.5 Å². The lowest BCUT2D eigenvalue weighted by molar-refractivity contribution is 0.204. The quantitative estimate of drug-likeness (QED) is 0.743. The normalized spacial score (nSPS) is 12.0. The van der Waals surface area contributed by atoms with Gasteiger partial charge in [-0.3, -0.25) is 0 Å². The molecular formula is C13H25N3O3S2. The molecule has 122 valence electrons. The third-order valence-corrected chi connectivity index (χ3v) is 5.90. The van der Waals surface area contributed by atoms with E-state index in [1.54, 1.807) is 7.11 Å². The minimum atomic E-state index is -3.39. The molecule has 0 fully saturated rings. The standard InChI is InChI=1S/C13H25N3O3S2/c1-5-8-21(17,18)11-12(14)15-20-13(11)16(6-7-19-4)9-10(2)3/h10H,5-9H2,1-4H3,(H2,14,15). The number of hydrogen-bond donors (Lipinski definition) is 1. The third-order valence-electron chi connectivity index (χ3n) is 2.88. The smallest absolute Gasteiger partial charge is 0.185 e. The van der Waals surface area contributed by atoms with Gasteiger partial charge in [0.05, 0.1) is 12.4 Å². The highest BCUT2D eigenvalue weighted by Crippen LogP contribution is 2.35. The minimum absolute atomic E-state index is 0.0857. The van der Waals surface area contributed by atoms with Crippen molar-refractivity contribution in [2.24, 2.45) is 5.92 Å². The Labute approximate surface area is 131 Å². The molecule has 0 atom stereocenters. The molecule has 0 radical (unpaired) electrons. The Bertz CT molecular complexity index is 541. The van der Waals surface area contributed by atoms with E-state index in [1.807, 2.05) is 11.8 Å². The summed E-state index contributed by atoms with van der Waals surface area (Å²) >= 11 is 1.15. The molecule has 1 aromatic heterocycles. The van der Waals surface area contributed by atoms with Gasteiger partial charge in [-0.1, -0.05) is 20.8 Å². The topological polar surface area (TPSA) is 85.5 Å². The van der Waals surface area contributed by atoms with Gasteiger partial charge in [-0.05, 0) is 23.9 Å². The average molecular weight is 335 g/mol. The lowest BCUT2D eigenvalue weighted by Gasteiger charge is -2.25. The fraction of sp³-hybridized carbons (Fsp3) is 0.769. The number of nitrogens with zero attached hydrogens (tertiary/aromatic N) is 2. The van der Waals surface area contributed by atoms with Crippen molar-refractivity contribution in [1.82, 2.24) is 4.37 Å². The van der Waals surface area contributed by atoms with Crippen molar-refractivity contribution >= 4 is 32.2 Å². The molecule has 0 aliphatic carbocycles. The third kappa shape index (κ3) is 4.82. The zero-order valence-corrected chi connectivity index (χ0v) is 14.8. The molecule has 0 bridgehead atoms. The van der Waals surface area contributed by atoms with Crippen LogP contribution in [-0.4, -0.2) is 45.4 Å². The Morgan fingerprint density at radius 1 is 1.43 bits per heavy atom. The van der Waals surface area contributed by atoms with Crippen LogP contribution in [0.4, 0.5) is 10.8 Å². The number of anilines is 2. The molecule has 2 N–H and O–H groups in total. The van der Waals surface area contributed by atoms with E-state index >= 15 is 0 Å². The van der Waals surface area contributed by atoms with Crippen LogP contribution in [-0.2, 0) is 14.6 Å². The van der Waals surface area contributed by atoms with Crippen LogP contribution in [0.3, 0.4) is 0 Å². The van der Waals surface area contributed by atoms with Crippen LogP contribution < -0.4 is 10.6 Å². The Kier molecular flexibility index (Phi) is 6.89. The molecule has 0 aliphatic rings. The Balaban J connectivity index is 3.20. The number of nitrogens with two attached hydrogens (primary N) is 1. The minimum Gasteiger partial charge on any atom is -0.383 e. The van der Waals surface area contributed by atoms with Crippen molar-refractivity contribution in [2.45, 2.75) is 32.1 Å². The zero-order chi connectivity index (χ0) is 16.0. The molecule has 0 saturated carbocycles. The number of ether oxygens (including phenoxy) is 1. The Hall–Kier alpha value is -0.860. The van der Waals surface area contributed by atoms with Gasteiger partial charge >= 0.3 is 0 Å². The Morgan fingerprint density at radius 2 is 2.10 bits per heavy atom. The first-order valence-electron chi connectivity index (χ1n) is 7.05. The number of sulfone groups is 1. The largest absolute Gasteiger partial charge is 0.383 e. The van der Waals surface area contributed by atoms with Gasteiger partial charge in [-0.15, -0.1) is 0 Å². The number of rotatable bonds is 9. The van der Waals surface area contributed by atoms with Crippen molar-refractivity contribution in [3.63, 3.8) is 0 Å². The number of hydrogen-bond acceptors (Lipinski definition) is 7. The Morgan fingerprint density at radius 3 is 2.62 bits per heavy atom. The van der Waals surface area contributed by atoms with Crippen LogP contribution in [0.2, 0.25) is 0 Å². The second-order valence-corrected chi connectivity index (χ2v) is 8.15. The summed E-state index contributed by atoms with van der Waals surface area (Å²) < 4.78 is 34.0. The van der Waals surface area contributed by atoms with Gasteiger partial charge in [0.1, 0.15) is 9.90 Å². The molecule has 0 saturated heterocycles. The van der Waals surface area contributed by atoms with E-state index < -0.39 is 9.84 Å². The lowest BCUT2D eigenvalue weighted by atomic mass is 10.2. The van der Waals surface area contributed by atoms with Crippen LogP contribution in [0.1, 0.15) is 27.2 Å². The SMILES string of the molecule is CCCS(=O)(=O)c1c(N)nsc1N(CCOC)CC(C)C. The monoisotopic (exact) mass is 335 g/mol.